The highest BCUT2D eigenvalue weighted by Gasteiger charge is 2.37. The number of amides is 2. The van der Waals surface area contributed by atoms with E-state index >= 15 is 0 Å². The minimum absolute atomic E-state index is 0.0595. The highest BCUT2D eigenvalue weighted by Crippen LogP contribution is 2.28. The number of rotatable bonds is 6. The molecular formula is C19H25N3O4. The van der Waals surface area contributed by atoms with Gasteiger partial charge < -0.3 is 20.7 Å². The molecular weight excluding hydrogens is 334 g/mol. The molecule has 1 aromatic rings. The van der Waals surface area contributed by atoms with Crippen molar-refractivity contribution >= 4 is 17.8 Å². The molecule has 0 bridgehead atoms. The minimum Gasteiger partial charge on any atom is -0.467 e. The molecule has 7 nitrogen and oxygen atoms in total. The molecule has 2 fully saturated rings. The molecule has 3 rings (SSSR count). The first-order valence-electron chi connectivity index (χ1n) is 9.04. The zero-order valence-electron chi connectivity index (χ0n) is 14.9. The Bertz CT molecular complexity index is 664. The second-order valence-corrected chi connectivity index (χ2v) is 6.83. The number of carbonyl (C=O) groups excluding carboxylic acids is 3. The third kappa shape index (κ3) is 4.04. The van der Waals surface area contributed by atoms with Gasteiger partial charge in [-0.3, -0.25) is 9.59 Å². The second-order valence-electron chi connectivity index (χ2n) is 6.83. The lowest BCUT2D eigenvalue weighted by atomic mass is 9.91. The predicted molar refractivity (Wildman–Crippen MR) is 95.3 cm³/mol. The maximum atomic E-state index is 12.8. The van der Waals surface area contributed by atoms with Gasteiger partial charge in [0.15, 0.2) is 0 Å². The van der Waals surface area contributed by atoms with Gasteiger partial charge in [-0.2, -0.15) is 0 Å². The summed E-state index contributed by atoms with van der Waals surface area (Å²) >= 11 is 0. The number of benzene rings is 1. The molecule has 140 valence electrons. The van der Waals surface area contributed by atoms with Gasteiger partial charge >= 0.3 is 5.97 Å². The summed E-state index contributed by atoms with van der Waals surface area (Å²) in [6.07, 6.45) is 1.78. The molecule has 2 aliphatic rings. The van der Waals surface area contributed by atoms with Crippen LogP contribution in [0.1, 0.15) is 30.7 Å². The van der Waals surface area contributed by atoms with Crippen molar-refractivity contribution in [3.8, 4) is 0 Å². The van der Waals surface area contributed by atoms with Crippen molar-refractivity contribution in [1.29, 1.82) is 0 Å². The van der Waals surface area contributed by atoms with Crippen molar-refractivity contribution in [2.75, 3.05) is 20.2 Å². The lowest BCUT2D eigenvalue weighted by Crippen LogP contribution is -2.51. The molecule has 2 amide bonds. The minimum atomic E-state index is -0.819. The average Bonchev–Trinajstić information content (AvgIpc) is 3.30. The van der Waals surface area contributed by atoms with E-state index in [-0.39, 0.29) is 30.1 Å². The highest BCUT2D eigenvalue weighted by molar-refractivity contribution is 5.89. The van der Waals surface area contributed by atoms with Crippen LogP contribution in [0.3, 0.4) is 0 Å². The van der Waals surface area contributed by atoms with Crippen LogP contribution in [0.5, 0.6) is 0 Å². The first-order valence-corrected chi connectivity index (χ1v) is 9.04. The molecule has 4 atom stereocenters. The number of hydrogen-bond donors (Lipinski definition) is 3. The second kappa shape index (κ2) is 8.31. The van der Waals surface area contributed by atoms with E-state index in [0.29, 0.717) is 13.0 Å². The zero-order valence-corrected chi connectivity index (χ0v) is 14.9. The standard InChI is InChI=1S/C19H25N3O4/c1-26-19(25)15(11-13-7-9-21-17(13)23)22-18(24)16-14(8-10-20-16)12-5-3-2-4-6-12/h2-6,13-16,20H,7-11H2,1H3,(H,21,23)(H,22,24)/t13-,14+,15-,16-/m0/s1. The molecule has 1 aromatic carbocycles. The summed E-state index contributed by atoms with van der Waals surface area (Å²) in [6, 6.07) is 8.66. The third-order valence-electron chi connectivity index (χ3n) is 5.22. The van der Waals surface area contributed by atoms with Gasteiger partial charge in [-0.1, -0.05) is 30.3 Å². The highest BCUT2D eigenvalue weighted by atomic mass is 16.5. The van der Waals surface area contributed by atoms with Gasteiger partial charge in [0.1, 0.15) is 6.04 Å². The molecule has 0 aromatic heterocycles. The largest absolute Gasteiger partial charge is 0.467 e. The van der Waals surface area contributed by atoms with E-state index < -0.39 is 18.1 Å². The summed E-state index contributed by atoms with van der Waals surface area (Å²) in [7, 11) is 1.29. The summed E-state index contributed by atoms with van der Waals surface area (Å²) < 4.78 is 4.83. The van der Waals surface area contributed by atoms with Gasteiger partial charge in [-0.15, -0.1) is 0 Å². The Labute approximate surface area is 152 Å². The number of nitrogens with one attached hydrogen (secondary N) is 3. The molecule has 0 unspecified atom stereocenters. The maximum absolute atomic E-state index is 12.8. The van der Waals surface area contributed by atoms with Gasteiger partial charge in [0.25, 0.3) is 0 Å². The van der Waals surface area contributed by atoms with E-state index in [0.717, 1.165) is 18.5 Å². The predicted octanol–water partition coefficient (Wildman–Crippen LogP) is 0.316. The summed E-state index contributed by atoms with van der Waals surface area (Å²) in [6.45, 7) is 1.34. The Balaban J connectivity index is 1.68. The van der Waals surface area contributed by atoms with Gasteiger partial charge in [-0.05, 0) is 31.4 Å². The molecule has 0 spiro atoms. The fourth-order valence-electron chi connectivity index (χ4n) is 3.81. The molecule has 26 heavy (non-hydrogen) atoms. The van der Waals surface area contributed by atoms with Crippen molar-refractivity contribution in [1.82, 2.24) is 16.0 Å². The van der Waals surface area contributed by atoms with Crippen LogP contribution in [0.25, 0.3) is 0 Å². The molecule has 0 aliphatic carbocycles. The molecule has 3 N–H and O–H groups in total. The Morgan fingerprint density at radius 2 is 2.00 bits per heavy atom. The van der Waals surface area contributed by atoms with E-state index in [1.165, 1.54) is 7.11 Å². The van der Waals surface area contributed by atoms with Crippen LogP contribution in [-0.2, 0) is 19.1 Å². The van der Waals surface area contributed by atoms with Crippen LogP contribution in [0.4, 0.5) is 0 Å². The quantitative estimate of drug-likeness (QED) is 0.636. The van der Waals surface area contributed by atoms with Gasteiger partial charge in [-0.25, -0.2) is 4.79 Å². The molecule has 2 aliphatic heterocycles. The lowest BCUT2D eigenvalue weighted by Gasteiger charge is -2.24. The van der Waals surface area contributed by atoms with Crippen LogP contribution in [0.15, 0.2) is 30.3 Å². The number of methoxy groups -OCH3 is 1. The van der Waals surface area contributed by atoms with Crippen LogP contribution >= 0.6 is 0 Å². The summed E-state index contributed by atoms with van der Waals surface area (Å²) in [5.74, 6) is -1.04. The first kappa shape index (κ1) is 18.4. The van der Waals surface area contributed by atoms with Crippen LogP contribution in [-0.4, -0.2) is 50.1 Å². The third-order valence-corrected chi connectivity index (χ3v) is 5.22. The smallest absolute Gasteiger partial charge is 0.328 e. The number of carbonyl (C=O) groups is 3. The van der Waals surface area contributed by atoms with Crippen molar-refractivity contribution in [3.63, 3.8) is 0 Å². The Morgan fingerprint density at radius 1 is 1.23 bits per heavy atom. The van der Waals surface area contributed by atoms with Gasteiger partial charge in [0, 0.05) is 18.4 Å². The van der Waals surface area contributed by atoms with E-state index in [9.17, 15) is 14.4 Å². The molecule has 7 heteroatoms. The normalized spacial score (nSPS) is 26.2. The molecule has 2 heterocycles. The van der Waals surface area contributed by atoms with Gasteiger partial charge in [0.05, 0.1) is 13.2 Å². The maximum Gasteiger partial charge on any atom is 0.328 e. The Hall–Kier alpha value is -2.41. The van der Waals surface area contributed by atoms with Crippen molar-refractivity contribution in [3.05, 3.63) is 35.9 Å². The molecule has 2 saturated heterocycles. The number of esters is 1. The van der Waals surface area contributed by atoms with Crippen molar-refractivity contribution < 1.29 is 19.1 Å². The van der Waals surface area contributed by atoms with E-state index in [4.69, 9.17) is 4.74 Å². The van der Waals surface area contributed by atoms with Crippen LogP contribution < -0.4 is 16.0 Å². The average molecular weight is 359 g/mol. The van der Waals surface area contributed by atoms with E-state index in [2.05, 4.69) is 16.0 Å². The molecule has 0 radical (unpaired) electrons. The fraction of sp³-hybridized carbons (Fsp3) is 0.526. The van der Waals surface area contributed by atoms with Crippen LogP contribution in [0.2, 0.25) is 0 Å². The number of hydrogen-bond acceptors (Lipinski definition) is 5. The van der Waals surface area contributed by atoms with E-state index in [1.807, 2.05) is 30.3 Å². The SMILES string of the molecule is COC(=O)[C@H](C[C@@H]1CCNC1=O)NC(=O)[C@H]1NCC[C@@H]1c1ccccc1. The summed E-state index contributed by atoms with van der Waals surface area (Å²) in [5.41, 5.74) is 1.10. The topological polar surface area (TPSA) is 96.5 Å². The Kier molecular flexibility index (Phi) is 5.88. The van der Waals surface area contributed by atoms with Crippen molar-refractivity contribution in [2.45, 2.75) is 37.3 Å². The van der Waals surface area contributed by atoms with E-state index in [1.54, 1.807) is 0 Å². The fourth-order valence-corrected chi connectivity index (χ4v) is 3.81. The zero-order chi connectivity index (χ0) is 18.5. The van der Waals surface area contributed by atoms with Gasteiger partial charge in [0.2, 0.25) is 11.8 Å². The monoisotopic (exact) mass is 359 g/mol. The number of ether oxygens (including phenoxy) is 1. The Morgan fingerprint density at radius 3 is 2.65 bits per heavy atom. The lowest BCUT2D eigenvalue weighted by molar-refractivity contribution is -0.146. The van der Waals surface area contributed by atoms with Crippen molar-refractivity contribution in [2.24, 2.45) is 5.92 Å². The summed E-state index contributed by atoms with van der Waals surface area (Å²) in [5, 5.41) is 8.78. The first-order chi connectivity index (χ1) is 12.6. The molecule has 0 saturated carbocycles. The van der Waals surface area contributed by atoms with Crippen LogP contribution in [0, 0.1) is 5.92 Å². The summed E-state index contributed by atoms with van der Waals surface area (Å²) in [4.78, 5) is 36.8.